The van der Waals surface area contributed by atoms with Crippen molar-refractivity contribution in [2.24, 2.45) is 0 Å². The molecular formula is C23H28FN3O4. The Balaban J connectivity index is 2.06. The molecule has 0 atom stereocenters. The summed E-state index contributed by atoms with van der Waals surface area (Å²) in [6.07, 6.45) is 1.49. The lowest BCUT2D eigenvalue weighted by molar-refractivity contribution is -0.121. The van der Waals surface area contributed by atoms with Gasteiger partial charge in [-0.15, -0.1) is 0 Å². The second kappa shape index (κ2) is 12.3. The Kier molecular flexibility index (Phi) is 9.48. The molecule has 0 unspecified atom stereocenters. The fraction of sp³-hybridized carbons (Fsp3) is 0.348. The SMILES string of the molecule is CCCNC(=O)CN(CCC)C(=O)c1ccccc1OCC(=O)Nc1ccccc1F. The van der Waals surface area contributed by atoms with E-state index in [9.17, 15) is 18.8 Å². The van der Waals surface area contributed by atoms with E-state index in [0.29, 0.717) is 19.5 Å². The number of hydrogen-bond acceptors (Lipinski definition) is 4. The van der Waals surface area contributed by atoms with Gasteiger partial charge < -0.3 is 20.3 Å². The van der Waals surface area contributed by atoms with Gasteiger partial charge in [-0.1, -0.05) is 38.1 Å². The number of ether oxygens (including phenoxy) is 1. The first-order chi connectivity index (χ1) is 15.0. The number of hydrogen-bond donors (Lipinski definition) is 2. The van der Waals surface area contributed by atoms with Gasteiger partial charge in [0.25, 0.3) is 11.8 Å². The number of halogens is 1. The molecule has 7 nitrogen and oxygen atoms in total. The van der Waals surface area contributed by atoms with Crippen LogP contribution in [-0.2, 0) is 9.59 Å². The third kappa shape index (κ3) is 7.40. The molecule has 166 valence electrons. The van der Waals surface area contributed by atoms with E-state index < -0.39 is 18.3 Å². The molecular weight excluding hydrogens is 401 g/mol. The van der Waals surface area contributed by atoms with Crippen molar-refractivity contribution in [2.45, 2.75) is 26.7 Å². The molecule has 2 aromatic rings. The van der Waals surface area contributed by atoms with Crippen molar-refractivity contribution in [3.05, 3.63) is 59.9 Å². The van der Waals surface area contributed by atoms with E-state index in [2.05, 4.69) is 10.6 Å². The van der Waals surface area contributed by atoms with E-state index >= 15 is 0 Å². The Labute approximate surface area is 181 Å². The van der Waals surface area contributed by atoms with Crippen molar-refractivity contribution in [2.75, 3.05) is 31.6 Å². The van der Waals surface area contributed by atoms with Gasteiger partial charge in [0.1, 0.15) is 11.6 Å². The van der Waals surface area contributed by atoms with Crippen molar-refractivity contribution < 1.29 is 23.5 Å². The Bertz CT molecular complexity index is 904. The number of nitrogens with one attached hydrogen (secondary N) is 2. The summed E-state index contributed by atoms with van der Waals surface area (Å²) in [5.41, 5.74) is 0.297. The molecule has 0 aliphatic rings. The highest BCUT2D eigenvalue weighted by Gasteiger charge is 2.21. The van der Waals surface area contributed by atoms with Crippen LogP contribution in [0.15, 0.2) is 48.5 Å². The van der Waals surface area contributed by atoms with Gasteiger partial charge in [0, 0.05) is 13.1 Å². The lowest BCUT2D eigenvalue weighted by atomic mass is 10.1. The van der Waals surface area contributed by atoms with Gasteiger partial charge in [-0.25, -0.2) is 4.39 Å². The molecule has 31 heavy (non-hydrogen) atoms. The summed E-state index contributed by atoms with van der Waals surface area (Å²) in [7, 11) is 0. The largest absolute Gasteiger partial charge is 0.483 e. The number of anilines is 1. The maximum atomic E-state index is 13.7. The van der Waals surface area contributed by atoms with Crippen molar-refractivity contribution >= 4 is 23.4 Å². The van der Waals surface area contributed by atoms with Crippen LogP contribution in [0.1, 0.15) is 37.0 Å². The zero-order chi connectivity index (χ0) is 22.6. The molecule has 0 aromatic heterocycles. The second-order valence-electron chi connectivity index (χ2n) is 6.89. The van der Waals surface area contributed by atoms with Crippen LogP contribution >= 0.6 is 0 Å². The minimum atomic E-state index is -0.559. The fourth-order valence-electron chi connectivity index (χ4n) is 2.85. The summed E-state index contributed by atoms with van der Waals surface area (Å²) in [6, 6.07) is 12.3. The molecule has 8 heteroatoms. The van der Waals surface area contributed by atoms with Crippen molar-refractivity contribution in [3.8, 4) is 5.75 Å². The van der Waals surface area contributed by atoms with Gasteiger partial charge in [0.2, 0.25) is 5.91 Å². The summed E-state index contributed by atoms with van der Waals surface area (Å²) in [5.74, 6) is -1.49. The standard InChI is InChI=1S/C23H28FN3O4/c1-3-13-25-21(28)15-27(14-4-2)23(30)17-9-5-8-12-20(17)31-16-22(29)26-19-11-7-6-10-18(19)24/h5-12H,3-4,13-16H2,1-2H3,(H,25,28)(H,26,29). The molecule has 3 amide bonds. The van der Waals surface area contributed by atoms with Gasteiger partial charge in [0.05, 0.1) is 17.8 Å². The third-order valence-corrected chi connectivity index (χ3v) is 4.31. The molecule has 0 aliphatic carbocycles. The monoisotopic (exact) mass is 429 g/mol. The first-order valence-corrected chi connectivity index (χ1v) is 10.3. The van der Waals surface area contributed by atoms with E-state index in [0.717, 1.165) is 6.42 Å². The molecule has 0 spiro atoms. The molecule has 0 bridgehead atoms. The smallest absolute Gasteiger partial charge is 0.262 e. The zero-order valence-electron chi connectivity index (χ0n) is 17.8. The summed E-state index contributed by atoms with van der Waals surface area (Å²) < 4.78 is 19.2. The fourth-order valence-corrected chi connectivity index (χ4v) is 2.85. The second-order valence-corrected chi connectivity index (χ2v) is 6.89. The average Bonchev–Trinajstić information content (AvgIpc) is 2.77. The summed E-state index contributed by atoms with van der Waals surface area (Å²) in [5, 5.41) is 5.19. The lowest BCUT2D eigenvalue weighted by Crippen LogP contribution is -2.41. The highest BCUT2D eigenvalue weighted by molar-refractivity contribution is 5.99. The van der Waals surface area contributed by atoms with Gasteiger partial charge in [0.15, 0.2) is 6.61 Å². The van der Waals surface area contributed by atoms with Crippen LogP contribution in [-0.4, -0.2) is 48.9 Å². The van der Waals surface area contributed by atoms with Crippen molar-refractivity contribution in [3.63, 3.8) is 0 Å². The minimum Gasteiger partial charge on any atom is -0.483 e. The molecule has 0 saturated carbocycles. The normalized spacial score (nSPS) is 10.3. The Morgan fingerprint density at radius 1 is 0.968 bits per heavy atom. The highest BCUT2D eigenvalue weighted by Crippen LogP contribution is 2.20. The molecule has 2 aromatic carbocycles. The first-order valence-electron chi connectivity index (χ1n) is 10.3. The molecule has 0 fully saturated rings. The summed E-state index contributed by atoms with van der Waals surface area (Å²) in [4.78, 5) is 38.8. The predicted octanol–water partition coefficient (Wildman–Crippen LogP) is 3.22. The van der Waals surface area contributed by atoms with E-state index in [4.69, 9.17) is 4.74 Å². The van der Waals surface area contributed by atoms with E-state index in [1.165, 1.54) is 23.1 Å². The molecule has 0 heterocycles. The molecule has 2 N–H and O–H groups in total. The topological polar surface area (TPSA) is 87.7 Å². The van der Waals surface area contributed by atoms with Crippen molar-refractivity contribution in [1.82, 2.24) is 10.2 Å². The molecule has 0 saturated heterocycles. The van der Waals surface area contributed by atoms with Crippen LogP contribution in [0.5, 0.6) is 5.75 Å². The third-order valence-electron chi connectivity index (χ3n) is 4.31. The summed E-state index contributed by atoms with van der Waals surface area (Å²) in [6.45, 7) is 4.35. The van der Waals surface area contributed by atoms with E-state index in [-0.39, 0.29) is 35.4 Å². The van der Waals surface area contributed by atoms with Gasteiger partial charge in [-0.3, -0.25) is 14.4 Å². The minimum absolute atomic E-state index is 0.0488. The van der Waals surface area contributed by atoms with Crippen molar-refractivity contribution in [1.29, 1.82) is 0 Å². The predicted molar refractivity (Wildman–Crippen MR) is 116 cm³/mol. The highest BCUT2D eigenvalue weighted by atomic mass is 19.1. The molecule has 0 radical (unpaired) electrons. The number of carbonyl (C=O) groups is 3. The van der Waals surface area contributed by atoms with Crippen LogP contribution in [0.25, 0.3) is 0 Å². The number of carbonyl (C=O) groups excluding carboxylic acids is 3. The number of nitrogens with zero attached hydrogens (tertiary/aromatic N) is 1. The van der Waals surface area contributed by atoms with E-state index in [1.54, 1.807) is 30.3 Å². The van der Waals surface area contributed by atoms with Crippen LogP contribution in [0, 0.1) is 5.82 Å². The Morgan fingerprint density at radius 3 is 2.39 bits per heavy atom. The number of amides is 3. The average molecular weight is 429 g/mol. The number of rotatable bonds is 11. The first kappa shape index (κ1) is 23.9. The van der Waals surface area contributed by atoms with Crippen LogP contribution in [0.2, 0.25) is 0 Å². The number of para-hydroxylation sites is 2. The van der Waals surface area contributed by atoms with E-state index in [1.807, 2.05) is 13.8 Å². The van der Waals surface area contributed by atoms with Gasteiger partial charge in [-0.2, -0.15) is 0 Å². The molecule has 0 aliphatic heterocycles. The zero-order valence-corrected chi connectivity index (χ0v) is 17.8. The molecule has 2 rings (SSSR count). The van der Waals surface area contributed by atoms with Crippen LogP contribution in [0.4, 0.5) is 10.1 Å². The van der Waals surface area contributed by atoms with Gasteiger partial charge >= 0.3 is 0 Å². The number of benzene rings is 2. The van der Waals surface area contributed by atoms with Crippen LogP contribution < -0.4 is 15.4 Å². The van der Waals surface area contributed by atoms with Crippen LogP contribution in [0.3, 0.4) is 0 Å². The maximum Gasteiger partial charge on any atom is 0.262 e. The Morgan fingerprint density at radius 2 is 1.68 bits per heavy atom. The van der Waals surface area contributed by atoms with Gasteiger partial charge in [-0.05, 0) is 37.1 Å². The quantitative estimate of drug-likeness (QED) is 0.574. The Hall–Kier alpha value is -3.42. The maximum absolute atomic E-state index is 13.7. The lowest BCUT2D eigenvalue weighted by Gasteiger charge is -2.23. The summed E-state index contributed by atoms with van der Waals surface area (Å²) >= 11 is 0.